The lowest BCUT2D eigenvalue weighted by Gasteiger charge is -2.15. The number of hydrogen-bond donors (Lipinski definition) is 0. The van der Waals surface area contributed by atoms with Crippen molar-refractivity contribution < 1.29 is 0 Å². The van der Waals surface area contributed by atoms with Crippen LogP contribution in [0.1, 0.15) is 18.1 Å². The summed E-state index contributed by atoms with van der Waals surface area (Å²) in [4.78, 5) is 32.7. The molecular formula is C15H16N4O2. The van der Waals surface area contributed by atoms with Crippen molar-refractivity contribution in [1.82, 2.24) is 19.1 Å². The molecule has 0 bridgehead atoms. The van der Waals surface area contributed by atoms with Gasteiger partial charge in [0.15, 0.2) is 11.5 Å². The molecule has 0 unspecified atom stereocenters. The van der Waals surface area contributed by atoms with E-state index in [1.807, 2.05) is 26.0 Å². The second kappa shape index (κ2) is 4.51. The quantitative estimate of drug-likeness (QED) is 0.630. The van der Waals surface area contributed by atoms with Gasteiger partial charge in [0.25, 0.3) is 5.56 Å². The SMILES string of the molecule is CCn1c(=O)nc2n(C)c3cc(C)c(C)cc3nc-2c1=O. The van der Waals surface area contributed by atoms with Crippen molar-refractivity contribution >= 4 is 11.0 Å². The van der Waals surface area contributed by atoms with Gasteiger partial charge < -0.3 is 4.57 Å². The number of aromatic nitrogens is 4. The van der Waals surface area contributed by atoms with Gasteiger partial charge in [-0.3, -0.25) is 9.36 Å². The Labute approximate surface area is 121 Å². The van der Waals surface area contributed by atoms with Gasteiger partial charge in [0.2, 0.25) is 0 Å². The third-order valence-electron chi connectivity index (χ3n) is 3.91. The van der Waals surface area contributed by atoms with Gasteiger partial charge in [-0.2, -0.15) is 4.98 Å². The topological polar surface area (TPSA) is 69.8 Å². The van der Waals surface area contributed by atoms with Gasteiger partial charge in [0.1, 0.15) is 0 Å². The summed E-state index contributed by atoms with van der Waals surface area (Å²) in [5, 5.41) is 0. The zero-order valence-electron chi connectivity index (χ0n) is 12.5. The Hall–Kier alpha value is -2.50. The summed E-state index contributed by atoms with van der Waals surface area (Å²) < 4.78 is 2.86. The minimum Gasteiger partial charge on any atom is -0.325 e. The van der Waals surface area contributed by atoms with Crippen LogP contribution in [0.25, 0.3) is 22.6 Å². The molecule has 2 aliphatic rings. The van der Waals surface area contributed by atoms with Gasteiger partial charge in [-0.05, 0) is 44.0 Å². The van der Waals surface area contributed by atoms with E-state index in [0.717, 1.165) is 26.7 Å². The van der Waals surface area contributed by atoms with Gasteiger partial charge in [0.05, 0.1) is 11.0 Å². The number of rotatable bonds is 1. The molecule has 108 valence electrons. The maximum absolute atomic E-state index is 12.4. The molecule has 0 radical (unpaired) electrons. The number of benzene rings is 1. The monoisotopic (exact) mass is 284 g/mol. The molecule has 1 aromatic rings. The van der Waals surface area contributed by atoms with Crippen molar-refractivity contribution in [3.05, 3.63) is 44.1 Å². The fraction of sp³-hybridized carbons (Fsp3) is 0.333. The number of nitrogens with zero attached hydrogens (tertiary/aromatic N) is 4. The lowest BCUT2D eigenvalue weighted by atomic mass is 10.1. The van der Waals surface area contributed by atoms with E-state index in [2.05, 4.69) is 9.97 Å². The Morgan fingerprint density at radius 1 is 1.10 bits per heavy atom. The van der Waals surface area contributed by atoms with Crippen molar-refractivity contribution in [3.63, 3.8) is 0 Å². The molecule has 0 aromatic heterocycles. The zero-order valence-corrected chi connectivity index (χ0v) is 12.5. The number of aryl methyl sites for hydroxylation is 3. The lowest BCUT2D eigenvalue weighted by Crippen LogP contribution is -2.38. The smallest absolute Gasteiger partial charge is 0.325 e. The molecule has 6 heteroatoms. The van der Waals surface area contributed by atoms with E-state index < -0.39 is 5.69 Å². The molecule has 0 saturated heterocycles. The van der Waals surface area contributed by atoms with E-state index >= 15 is 0 Å². The highest BCUT2D eigenvalue weighted by Crippen LogP contribution is 2.22. The molecule has 2 aliphatic heterocycles. The first-order valence-electron chi connectivity index (χ1n) is 6.82. The number of hydrogen-bond acceptors (Lipinski definition) is 4. The van der Waals surface area contributed by atoms with Gasteiger partial charge >= 0.3 is 5.69 Å². The van der Waals surface area contributed by atoms with Gasteiger partial charge in [0, 0.05) is 13.6 Å². The van der Waals surface area contributed by atoms with Crippen molar-refractivity contribution in [2.75, 3.05) is 0 Å². The van der Waals surface area contributed by atoms with E-state index in [-0.39, 0.29) is 17.8 Å². The van der Waals surface area contributed by atoms with Gasteiger partial charge in [-0.25, -0.2) is 9.78 Å². The van der Waals surface area contributed by atoms with Crippen molar-refractivity contribution in [2.45, 2.75) is 27.3 Å². The summed E-state index contributed by atoms with van der Waals surface area (Å²) >= 11 is 0. The minimum atomic E-state index is -0.532. The molecule has 0 aliphatic carbocycles. The zero-order chi connectivity index (χ0) is 15.3. The standard InChI is InChI=1S/C15H16N4O2/c1-5-19-14(20)12-13(17-15(19)21)18(4)11-7-9(3)8(2)6-10(11)16-12/h6-7H,5H2,1-4H3. The summed E-state index contributed by atoms with van der Waals surface area (Å²) in [6.07, 6.45) is 0. The normalized spacial score (nSPS) is 11.4. The summed E-state index contributed by atoms with van der Waals surface area (Å²) in [5.74, 6) is 0.324. The van der Waals surface area contributed by atoms with Crippen molar-refractivity contribution in [3.8, 4) is 11.5 Å². The van der Waals surface area contributed by atoms with Crippen LogP contribution in [0.5, 0.6) is 0 Å². The molecule has 0 atom stereocenters. The molecule has 21 heavy (non-hydrogen) atoms. The van der Waals surface area contributed by atoms with Crippen molar-refractivity contribution in [2.24, 2.45) is 7.05 Å². The minimum absolute atomic E-state index is 0.231. The van der Waals surface area contributed by atoms with Crippen LogP contribution in [-0.4, -0.2) is 19.1 Å². The van der Waals surface area contributed by atoms with Crippen LogP contribution in [0.15, 0.2) is 21.7 Å². The maximum Gasteiger partial charge on any atom is 0.352 e. The van der Waals surface area contributed by atoms with Crippen LogP contribution in [0.2, 0.25) is 0 Å². The van der Waals surface area contributed by atoms with E-state index in [0.29, 0.717) is 5.82 Å². The molecule has 0 saturated carbocycles. The fourth-order valence-electron chi connectivity index (χ4n) is 2.50. The van der Waals surface area contributed by atoms with E-state index in [4.69, 9.17) is 0 Å². The molecule has 3 rings (SSSR count). The van der Waals surface area contributed by atoms with Crippen molar-refractivity contribution in [1.29, 1.82) is 0 Å². The molecule has 0 fully saturated rings. The first kappa shape index (κ1) is 13.5. The highest BCUT2D eigenvalue weighted by molar-refractivity contribution is 5.80. The third kappa shape index (κ3) is 1.86. The average Bonchev–Trinajstić information content (AvgIpc) is 2.44. The van der Waals surface area contributed by atoms with Gasteiger partial charge in [-0.1, -0.05) is 0 Å². The Morgan fingerprint density at radius 2 is 1.76 bits per heavy atom. The summed E-state index contributed by atoms with van der Waals surface area (Å²) in [6.45, 7) is 6.05. The van der Waals surface area contributed by atoms with Crippen LogP contribution in [0.4, 0.5) is 0 Å². The Bertz CT molecular complexity index is 953. The Balaban J connectivity index is 2.57. The summed E-state index contributed by atoms with van der Waals surface area (Å²) in [6, 6.07) is 3.94. The first-order chi connectivity index (χ1) is 9.93. The van der Waals surface area contributed by atoms with Crippen LogP contribution in [0.3, 0.4) is 0 Å². The highest BCUT2D eigenvalue weighted by Gasteiger charge is 2.19. The predicted octanol–water partition coefficient (Wildman–Crippen LogP) is 1.23. The molecule has 0 N–H and O–H groups in total. The van der Waals surface area contributed by atoms with Crippen LogP contribution >= 0.6 is 0 Å². The highest BCUT2D eigenvalue weighted by atomic mass is 16.2. The lowest BCUT2D eigenvalue weighted by molar-refractivity contribution is 0.662. The average molecular weight is 284 g/mol. The second-order valence-electron chi connectivity index (χ2n) is 5.21. The Kier molecular flexibility index (Phi) is 2.90. The van der Waals surface area contributed by atoms with Crippen LogP contribution < -0.4 is 11.2 Å². The first-order valence-corrected chi connectivity index (χ1v) is 6.82. The third-order valence-corrected chi connectivity index (χ3v) is 3.91. The molecule has 0 amide bonds. The van der Waals surface area contributed by atoms with E-state index in [1.165, 1.54) is 0 Å². The van der Waals surface area contributed by atoms with Crippen LogP contribution in [0, 0.1) is 13.8 Å². The predicted molar refractivity (Wildman–Crippen MR) is 80.8 cm³/mol. The summed E-state index contributed by atoms with van der Waals surface area (Å²) in [5.41, 5.74) is 3.13. The maximum atomic E-state index is 12.4. The van der Waals surface area contributed by atoms with Gasteiger partial charge in [-0.15, -0.1) is 0 Å². The summed E-state index contributed by atoms with van der Waals surface area (Å²) in [7, 11) is 1.79. The largest absolute Gasteiger partial charge is 0.352 e. The molecule has 1 aromatic carbocycles. The second-order valence-corrected chi connectivity index (χ2v) is 5.21. The fourth-order valence-corrected chi connectivity index (χ4v) is 2.50. The molecule has 2 heterocycles. The van der Waals surface area contributed by atoms with Crippen LogP contribution in [-0.2, 0) is 13.6 Å². The van der Waals surface area contributed by atoms with E-state index in [9.17, 15) is 9.59 Å². The Morgan fingerprint density at radius 3 is 2.43 bits per heavy atom. The number of fused-ring (bicyclic) bond motifs is 2. The molecule has 0 spiro atoms. The molecular weight excluding hydrogens is 268 g/mol. The molecule has 6 nitrogen and oxygen atoms in total. The van der Waals surface area contributed by atoms with E-state index in [1.54, 1.807) is 18.5 Å².